The van der Waals surface area contributed by atoms with Crippen LogP contribution in [0.2, 0.25) is 0 Å². The Kier molecular flexibility index (Phi) is 21.2. The second-order valence-corrected chi connectivity index (χ2v) is 32.3. The highest BCUT2D eigenvalue weighted by atomic mass is 79.9. The average Bonchev–Trinajstić information content (AvgIpc) is 1.54. The quantitative estimate of drug-likeness (QED) is 0.0866. The van der Waals surface area contributed by atoms with Crippen molar-refractivity contribution in [3.05, 3.63) is 474 Å². The lowest BCUT2D eigenvalue weighted by atomic mass is 9.67. The second-order valence-electron chi connectivity index (χ2n) is 31.5. The van der Waals surface area contributed by atoms with Crippen LogP contribution in [0.3, 0.4) is 0 Å². The molecule has 0 N–H and O–H groups in total. The first-order chi connectivity index (χ1) is 59.9. The summed E-state index contributed by atoms with van der Waals surface area (Å²) in [5, 5.41) is 0. The molecule has 1 fully saturated rings. The molecule has 16 aromatic carbocycles. The predicted molar refractivity (Wildman–Crippen MR) is 495 cm³/mol. The minimum Gasteiger partial charge on any atom is -0.457 e. The molecule has 1 aliphatic heterocycles. The van der Waals surface area contributed by atoms with Gasteiger partial charge in [0.2, 0.25) is 0 Å². The molecule has 0 amide bonds. The molecule has 0 spiro atoms. The summed E-state index contributed by atoms with van der Waals surface area (Å²) in [5.74, 6) is 6.67. The van der Waals surface area contributed by atoms with Crippen molar-refractivity contribution >= 4 is 28.5 Å². The Bertz CT molecular complexity index is 6510. The van der Waals surface area contributed by atoms with Crippen LogP contribution in [0.5, 0.6) is 23.0 Å². The van der Waals surface area contributed by atoms with Gasteiger partial charge in [0, 0.05) is 43.4 Å². The molecule has 3 heterocycles. The molecule has 586 valence electrons. The van der Waals surface area contributed by atoms with Crippen molar-refractivity contribution in [3.63, 3.8) is 0 Å². The van der Waals surface area contributed by atoms with Crippen LogP contribution < -0.4 is 14.9 Å². The van der Waals surface area contributed by atoms with Crippen LogP contribution in [0.25, 0.3) is 102 Å². The van der Waals surface area contributed by atoms with Crippen LogP contribution in [-0.2, 0) is 20.1 Å². The molecule has 2 aromatic heterocycles. The van der Waals surface area contributed by atoms with Gasteiger partial charge in [0.25, 0.3) is 0 Å². The Morgan fingerprint density at radius 3 is 0.811 bits per heavy atom. The molecule has 10 nitrogen and oxygen atoms in total. The standard InChI is InChI=1S/C52H35N3O.C33H30BN3O3.C25H17Br/c1-5-16-37(17-6-1)49-53-50(38-18-7-2-8-19-38)55-51(54-49)39-30-34-43(35-31-39)56-42-32-28-36(29-33-42)44-25-15-27-47-48(44)45-24-13-14-26-46(45)52(47,40-20-9-3-10-21-40)41-22-11-4-12-23-41;1-32(2)33(3,4)40-34(39-32)26-17-21-28(22-18-26)38-27-19-15-25(16-20-27)31-36-29(23-11-7-5-8-12-23)35-30(37-31)24-13-9-6-10-14-24;26-23-17-9-16-22-24(23)20-14-7-8-15-21(20)25(22,18-10-3-1-4-11-18)19-12-5-2-6-13-19/h1-35H;5-22H,1-4H3;1-17H. The van der Waals surface area contributed by atoms with E-state index in [1.165, 1.54) is 72.3 Å². The van der Waals surface area contributed by atoms with Crippen LogP contribution in [0.15, 0.2) is 429 Å². The molecule has 3 aliphatic rings. The maximum absolute atomic E-state index is 6.39. The van der Waals surface area contributed by atoms with E-state index in [2.05, 4.69) is 274 Å². The Morgan fingerprint density at radius 1 is 0.230 bits per heavy atom. The molecule has 1 saturated heterocycles. The molecular weight excluding hydrogens is 1560 g/mol. The molecule has 18 aromatic rings. The topological polar surface area (TPSA) is 114 Å². The monoisotopic (exact) mass is 1640 g/mol. The Balaban J connectivity index is 0.000000129. The van der Waals surface area contributed by atoms with E-state index in [9.17, 15) is 0 Å². The molecule has 2 aliphatic carbocycles. The van der Waals surface area contributed by atoms with Crippen molar-refractivity contribution in [1.82, 2.24) is 29.9 Å². The lowest BCUT2D eigenvalue weighted by molar-refractivity contribution is 0.00578. The van der Waals surface area contributed by atoms with Crippen molar-refractivity contribution < 1.29 is 18.8 Å². The summed E-state index contributed by atoms with van der Waals surface area (Å²) in [7, 11) is -0.403. The van der Waals surface area contributed by atoms with E-state index in [1.807, 2.05) is 194 Å². The molecule has 12 heteroatoms. The van der Waals surface area contributed by atoms with Gasteiger partial charge in [0.05, 0.1) is 22.0 Å². The van der Waals surface area contributed by atoms with E-state index >= 15 is 0 Å². The van der Waals surface area contributed by atoms with E-state index in [4.69, 9.17) is 48.7 Å². The number of rotatable bonds is 16. The van der Waals surface area contributed by atoms with Crippen molar-refractivity contribution in [2.75, 3.05) is 0 Å². The molecule has 0 saturated carbocycles. The van der Waals surface area contributed by atoms with Crippen molar-refractivity contribution in [3.8, 4) is 125 Å². The predicted octanol–water partition coefficient (Wildman–Crippen LogP) is 26.5. The Hall–Kier alpha value is -14.4. The second kappa shape index (κ2) is 33.4. The lowest BCUT2D eigenvalue weighted by Gasteiger charge is -2.34. The molecule has 0 unspecified atom stereocenters. The summed E-state index contributed by atoms with van der Waals surface area (Å²) in [6.45, 7) is 8.21. The van der Waals surface area contributed by atoms with Gasteiger partial charge < -0.3 is 18.8 Å². The zero-order valence-corrected chi connectivity index (χ0v) is 69.3. The van der Waals surface area contributed by atoms with E-state index in [0.717, 1.165) is 66.1 Å². The summed E-state index contributed by atoms with van der Waals surface area (Å²) < 4.78 is 26.0. The van der Waals surface area contributed by atoms with Gasteiger partial charge in [-0.1, -0.05) is 362 Å². The maximum atomic E-state index is 6.39. The fraction of sp³-hybridized carbons (Fsp3) is 0.0727. The third kappa shape index (κ3) is 14.9. The third-order valence-electron chi connectivity index (χ3n) is 23.6. The summed E-state index contributed by atoms with van der Waals surface area (Å²) >= 11 is 3.81. The van der Waals surface area contributed by atoms with Crippen LogP contribution >= 0.6 is 15.9 Å². The Labute approximate surface area is 720 Å². The maximum Gasteiger partial charge on any atom is 0.494 e. The van der Waals surface area contributed by atoms with Crippen LogP contribution in [0.1, 0.15) is 72.2 Å². The summed E-state index contributed by atoms with van der Waals surface area (Å²) in [5.41, 5.74) is 22.8. The largest absolute Gasteiger partial charge is 0.494 e. The fourth-order valence-corrected chi connectivity index (χ4v) is 17.6. The van der Waals surface area contributed by atoms with Gasteiger partial charge >= 0.3 is 7.12 Å². The van der Waals surface area contributed by atoms with E-state index < -0.39 is 12.5 Å². The average molecular weight is 1640 g/mol. The third-order valence-corrected chi connectivity index (χ3v) is 24.2. The van der Waals surface area contributed by atoms with Gasteiger partial charge in [-0.15, -0.1) is 0 Å². The first kappa shape index (κ1) is 77.5. The molecule has 0 bridgehead atoms. The van der Waals surface area contributed by atoms with E-state index in [-0.39, 0.29) is 16.6 Å². The van der Waals surface area contributed by atoms with Gasteiger partial charge in [0.1, 0.15) is 23.0 Å². The van der Waals surface area contributed by atoms with Gasteiger partial charge in [-0.3, -0.25) is 0 Å². The van der Waals surface area contributed by atoms with Gasteiger partial charge in [-0.25, -0.2) is 29.9 Å². The van der Waals surface area contributed by atoms with Crippen LogP contribution in [0.4, 0.5) is 0 Å². The minimum absolute atomic E-state index is 0.293. The van der Waals surface area contributed by atoms with Gasteiger partial charge in [0.15, 0.2) is 34.9 Å². The molecule has 122 heavy (non-hydrogen) atoms. The first-order valence-electron chi connectivity index (χ1n) is 41.1. The molecule has 0 radical (unpaired) electrons. The SMILES string of the molecule is Brc1cccc2c1-c1ccccc1C2(c1ccccc1)c1ccccc1.CC1(C)OB(c2ccc(Oc3ccc(-c4nc(-c5ccccc5)nc(-c5ccccc5)n4)cc3)cc2)OC1(C)C.c1ccc(-c2nc(-c3ccccc3)nc(-c3ccc(Oc4ccc(-c5cccc6c5-c5ccccc5C6(c5ccccc5)c5ccccc5)cc4)cc3)n2)cc1. The summed E-state index contributed by atoms with van der Waals surface area (Å²) in [6.07, 6.45) is 0. The highest BCUT2D eigenvalue weighted by molar-refractivity contribution is 9.10. The smallest absolute Gasteiger partial charge is 0.457 e. The summed E-state index contributed by atoms with van der Waals surface area (Å²) in [6, 6.07) is 146. The van der Waals surface area contributed by atoms with Gasteiger partial charge in [-0.05, 0) is 184 Å². The number of ether oxygens (including phenoxy) is 2. The number of hydrogen-bond donors (Lipinski definition) is 0. The highest BCUT2D eigenvalue weighted by Gasteiger charge is 2.52. The number of hydrogen-bond acceptors (Lipinski definition) is 10. The van der Waals surface area contributed by atoms with Crippen molar-refractivity contribution in [2.24, 2.45) is 0 Å². The van der Waals surface area contributed by atoms with Crippen LogP contribution in [0, 0.1) is 0 Å². The molecule has 21 rings (SSSR count). The number of nitrogens with zero attached hydrogens (tertiary/aromatic N) is 6. The number of benzene rings is 16. The summed E-state index contributed by atoms with van der Waals surface area (Å²) in [4.78, 5) is 28.9. The minimum atomic E-state index is -0.437. The Morgan fingerprint density at radius 2 is 0.475 bits per heavy atom. The van der Waals surface area contributed by atoms with E-state index in [0.29, 0.717) is 40.7 Å². The van der Waals surface area contributed by atoms with Crippen molar-refractivity contribution in [2.45, 2.75) is 49.7 Å². The number of aromatic nitrogens is 6. The normalized spacial score (nSPS) is 13.8. The van der Waals surface area contributed by atoms with E-state index in [1.54, 1.807) is 0 Å². The molecular formula is C110H82BBrN6O4. The van der Waals surface area contributed by atoms with Gasteiger partial charge in [-0.2, -0.15) is 0 Å². The fourth-order valence-electron chi connectivity index (χ4n) is 17.0. The van der Waals surface area contributed by atoms with Crippen LogP contribution in [-0.4, -0.2) is 48.2 Å². The zero-order valence-electron chi connectivity index (χ0n) is 67.7. The zero-order chi connectivity index (χ0) is 82.6. The number of halogens is 1. The molecule has 0 atom stereocenters. The highest BCUT2D eigenvalue weighted by Crippen LogP contribution is 2.60. The lowest BCUT2D eigenvalue weighted by Crippen LogP contribution is -2.41. The first-order valence-corrected chi connectivity index (χ1v) is 41.9. The van der Waals surface area contributed by atoms with Crippen molar-refractivity contribution in [1.29, 1.82) is 0 Å². The number of fused-ring (bicyclic) bond motifs is 6.